The molecule has 1 amide bonds. The molecule has 0 saturated heterocycles. The number of aromatic nitrogens is 1. The molecule has 2 unspecified atom stereocenters. The van der Waals surface area contributed by atoms with Gasteiger partial charge in [0.05, 0.1) is 29.2 Å². The van der Waals surface area contributed by atoms with Crippen LogP contribution in [0, 0.1) is 22.7 Å². The SMILES string of the molecule is COC(=O)c1ccccc1NC(=O)C(C)Sc1nc2c(cc1C#N)CC(C(C)(C)C)CC2. The minimum atomic E-state index is -0.516. The summed E-state index contributed by atoms with van der Waals surface area (Å²) in [6.07, 6.45) is 2.87. The van der Waals surface area contributed by atoms with Gasteiger partial charge in [0.25, 0.3) is 0 Å². The molecule has 32 heavy (non-hydrogen) atoms. The zero-order valence-corrected chi connectivity index (χ0v) is 20.0. The fourth-order valence-electron chi connectivity index (χ4n) is 3.89. The van der Waals surface area contributed by atoms with E-state index in [1.165, 1.54) is 18.9 Å². The van der Waals surface area contributed by atoms with Gasteiger partial charge >= 0.3 is 5.97 Å². The standard InChI is InChI=1S/C25H29N3O3S/c1-15(22(29)27-21-9-7-6-8-19(21)24(30)31-5)32-23-17(14-26)12-16-13-18(25(2,3)4)10-11-20(16)28-23/h6-9,12,15,18H,10-11,13H2,1-5H3,(H,27,29). The van der Waals surface area contributed by atoms with Crippen molar-refractivity contribution in [2.75, 3.05) is 12.4 Å². The lowest BCUT2D eigenvalue weighted by molar-refractivity contribution is -0.115. The zero-order valence-electron chi connectivity index (χ0n) is 19.2. The number of carbonyl (C=O) groups is 2. The molecular formula is C25H29N3O3S. The van der Waals surface area contributed by atoms with Crippen LogP contribution in [0.4, 0.5) is 5.69 Å². The van der Waals surface area contributed by atoms with E-state index in [0.29, 0.717) is 27.8 Å². The first-order valence-electron chi connectivity index (χ1n) is 10.7. The molecule has 0 spiro atoms. The lowest BCUT2D eigenvalue weighted by Gasteiger charge is -2.34. The van der Waals surface area contributed by atoms with Crippen LogP contribution in [-0.4, -0.2) is 29.2 Å². The first kappa shape index (κ1) is 23.8. The minimum absolute atomic E-state index is 0.213. The monoisotopic (exact) mass is 451 g/mol. The average molecular weight is 452 g/mol. The summed E-state index contributed by atoms with van der Waals surface area (Å²) in [5, 5.41) is 12.6. The second-order valence-electron chi connectivity index (χ2n) is 9.15. The predicted molar refractivity (Wildman–Crippen MR) is 126 cm³/mol. The number of carbonyl (C=O) groups excluding carboxylic acids is 2. The number of pyridine rings is 1. The van der Waals surface area contributed by atoms with E-state index in [1.54, 1.807) is 31.2 Å². The first-order chi connectivity index (χ1) is 15.1. The molecule has 1 aliphatic carbocycles. The van der Waals surface area contributed by atoms with E-state index in [1.807, 2.05) is 6.07 Å². The van der Waals surface area contributed by atoms with Gasteiger partial charge in [0.2, 0.25) is 5.91 Å². The number of ether oxygens (including phenoxy) is 1. The van der Waals surface area contributed by atoms with E-state index in [2.05, 4.69) is 32.2 Å². The zero-order chi connectivity index (χ0) is 23.5. The predicted octanol–water partition coefficient (Wildman–Crippen LogP) is 5.01. The van der Waals surface area contributed by atoms with Crippen molar-refractivity contribution in [1.29, 1.82) is 5.26 Å². The van der Waals surface area contributed by atoms with Gasteiger partial charge in [-0.3, -0.25) is 4.79 Å². The number of thioether (sulfide) groups is 1. The van der Waals surface area contributed by atoms with Gasteiger partial charge in [-0.15, -0.1) is 0 Å². The number of nitrogens with one attached hydrogen (secondary N) is 1. The Kier molecular flexibility index (Phi) is 7.25. The largest absolute Gasteiger partial charge is 0.465 e. The Bertz CT molecular complexity index is 1070. The van der Waals surface area contributed by atoms with Crippen LogP contribution in [0.5, 0.6) is 0 Å². The molecule has 0 aliphatic heterocycles. The van der Waals surface area contributed by atoms with Crippen molar-refractivity contribution < 1.29 is 14.3 Å². The van der Waals surface area contributed by atoms with Crippen LogP contribution in [0.15, 0.2) is 35.4 Å². The number of nitrogens with zero attached hydrogens (tertiary/aromatic N) is 2. The number of hydrogen-bond acceptors (Lipinski definition) is 6. The molecule has 1 aromatic carbocycles. The maximum absolute atomic E-state index is 12.8. The highest BCUT2D eigenvalue weighted by atomic mass is 32.2. The number of amides is 1. The molecule has 0 bridgehead atoms. The van der Waals surface area contributed by atoms with E-state index in [0.717, 1.165) is 30.5 Å². The third-order valence-corrected chi connectivity index (χ3v) is 7.05. The number of fused-ring (bicyclic) bond motifs is 1. The van der Waals surface area contributed by atoms with Gasteiger partial charge in [-0.2, -0.15) is 5.26 Å². The van der Waals surface area contributed by atoms with Crippen LogP contribution in [0.25, 0.3) is 0 Å². The van der Waals surface area contributed by atoms with E-state index in [4.69, 9.17) is 9.72 Å². The average Bonchev–Trinajstić information content (AvgIpc) is 2.77. The van der Waals surface area contributed by atoms with E-state index < -0.39 is 11.2 Å². The van der Waals surface area contributed by atoms with Crippen molar-refractivity contribution in [2.24, 2.45) is 11.3 Å². The van der Waals surface area contributed by atoms with Gasteiger partial charge < -0.3 is 10.1 Å². The second-order valence-corrected chi connectivity index (χ2v) is 10.5. The third-order valence-electron chi connectivity index (χ3n) is 5.95. The summed E-state index contributed by atoms with van der Waals surface area (Å²) >= 11 is 1.26. The van der Waals surface area contributed by atoms with Gasteiger partial charge in [-0.25, -0.2) is 9.78 Å². The smallest absolute Gasteiger partial charge is 0.339 e. The van der Waals surface area contributed by atoms with E-state index >= 15 is 0 Å². The summed E-state index contributed by atoms with van der Waals surface area (Å²) in [7, 11) is 1.30. The van der Waals surface area contributed by atoms with Gasteiger partial charge in [-0.05, 0) is 61.3 Å². The normalized spacial score (nSPS) is 16.4. The highest BCUT2D eigenvalue weighted by molar-refractivity contribution is 8.00. The fraction of sp³-hybridized carbons (Fsp3) is 0.440. The molecule has 0 saturated carbocycles. The maximum atomic E-state index is 12.8. The third kappa shape index (κ3) is 5.31. The van der Waals surface area contributed by atoms with Crippen molar-refractivity contribution in [3.05, 3.63) is 52.7 Å². The topological polar surface area (TPSA) is 92.1 Å². The van der Waals surface area contributed by atoms with Crippen LogP contribution in [0.3, 0.4) is 0 Å². The summed E-state index contributed by atoms with van der Waals surface area (Å²) < 4.78 is 4.78. The molecular weight excluding hydrogens is 422 g/mol. The number of para-hydroxylation sites is 1. The lowest BCUT2D eigenvalue weighted by atomic mass is 9.71. The molecule has 3 rings (SSSR count). The summed E-state index contributed by atoms with van der Waals surface area (Å²) in [5.41, 5.74) is 3.56. The molecule has 6 nitrogen and oxygen atoms in total. The van der Waals surface area contributed by atoms with E-state index in [-0.39, 0.29) is 11.3 Å². The summed E-state index contributed by atoms with van der Waals surface area (Å²) in [6, 6.07) is 10.9. The minimum Gasteiger partial charge on any atom is -0.465 e. The molecule has 1 N–H and O–H groups in total. The molecule has 168 valence electrons. The quantitative estimate of drug-likeness (QED) is 0.507. The molecule has 2 aromatic rings. The number of anilines is 1. The number of hydrogen-bond donors (Lipinski definition) is 1. The Morgan fingerprint density at radius 3 is 2.69 bits per heavy atom. The highest BCUT2D eigenvalue weighted by Gasteiger charge is 2.30. The van der Waals surface area contributed by atoms with Crippen molar-refractivity contribution in [3.63, 3.8) is 0 Å². The van der Waals surface area contributed by atoms with Gasteiger partial charge in [-0.1, -0.05) is 44.7 Å². The Balaban J connectivity index is 1.77. The summed E-state index contributed by atoms with van der Waals surface area (Å²) in [4.78, 5) is 29.6. The van der Waals surface area contributed by atoms with Crippen LogP contribution < -0.4 is 5.32 Å². The van der Waals surface area contributed by atoms with Crippen molar-refractivity contribution in [2.45, 2.75) is 57.2 Å². The number of benzene rings is 1. The van der Waals surface area contributed by atoms with Crippen LogP contribution in [0.1, 0.15) is 61.3 Å². The first-order valence-corrected chi connectivity index (χ1v) is 11.6. The highest BCUT2D eigenvalue weighted by Crippen LogP contribution is 2.38. The van der Waals surface area contributed by atoms with Crippen LogP contribution >= 0.6 is 11.8 Å². The van der Waals surface area contributed by atoms with Crippen LogP contribution in [-0.2, 0) is 22.4 Å². The second kappa shape index (κ2) is 9.74. The molecule has 1 heterocycles. The molecule has 0 radical (unpaired) electrons. The van der Waals surface area contributed by atoms with Gasteiger partial charge in [0, 0.05) is 5.69 Å². The maximum Gasteiger partial charge on any atom is 0.339 e. The Labute approximate surface area is 193 Å². The lowest BCUT2D eigenvalue weighted by Crippen LogP contribution is -2.28. The van der Waals surface area contributed by atoms with Crippen molar-refractivity contribution >= 4 is 29.3 Å². The van der Waals surface area contributed by atoms with Gasteiger partial charge in [0.15, 0.2) is 0 Å². The number of rotatable bonds is 5. The molecule has 0 fully saturated rings. The van der Waals surface area contributed by atoms with Crippen molar-refractivity contribution in [3.8, 4) is 6.07 Å². The number of nitriles is 1. The summed E-state index contributed by atoms with van der Waals surface area (Å²) in [6.45, 7) is 8.52. The molecule has 7 heteroatoms. The van der Waals surface area contributed by atoms with Crippen molar-refractivity contribution in [1.82, 2.24) is 4.98 Å². The van der Waals surface area contributed by atoms with E-state index in [9.17, 15) is 14.9 Å². The van der Waals surface area contributed by atoms with Gasteiger partial charge in [0.1, 0.15) is 11.1 Å². The Morgan fingerprint density at radius 2 is 2.03 bits per heavy atom. The Hall–Kier alpha value is -2.85. The molecule has 1 aliphatic rings. The number of esters is 1. The summed E-state index contributed by atoms with van der Waals surface area (Å²) in [5.74, 6) is -0.234. The van der Waals surface area contributed by atoms with Crippen LogP contribution in [0.2, 0.25) is 0 Å². The Morgan fingerprint density at radius 1 is 1.31 bits per heavy atom. The number of aryl methyl sites for hydroxylation is 1. The molecule has 1 aromatic heterocycles. The molecule has 2 atom stereocenters. The fourth-order valence-corrected chi connectivity index (χ4v) is 4.79. The number of methoxy groups -OCH3 is 1.